The number of nitrogen functional groups attached to an aromatic ring is 1. The summed E-state index contributed by atoms with van der Waals surface area (Å²) in [7, 11) is 0. The van der Waals surface area contributed by atoms with E-state index in [1.54, 1.807) is 32.0 Å². The number of nitro groups is 1. The first-order valence-electron chi connectivity index (χ1n) is 6.13. The number of amidine groups is 1. The molecule has 0 saturated carbocycles. The highest BCUT2D eigenvalue weighted by Crippen LogP contribution is 2.35. The molecule has 0 radical (unpaired) electrons. The number of nitro benzene ring substituents is 1. The summed E-state index contributed by atoms with van der Waals surface area (Å²) < 4.78 is 5.58. The van der Waals surface area contributed by atoms with E-state index >= 15 is 0 Å². The van der Waals surface area contributed by atoms with Gasteiger partial charge in [-0.25, -0.2) is 4.98 Å². The number of aromatic nitrogens is 1. The second kappa shape index (κ2) is 5.58. The normalized spacial score (nSPS) is 10.2. The maximum absolute atomic E-state index is 11.2. The molecular weight excluding hydrogens is 272 g/mol. The van der Waals surface area contributed by atoms with Crippen LogP contribution in [0.4, 0.5) is 5.69 Å². The molecule has 1 heterocycles. The number of hydrogen-bond acceptors (Lipinski definition) is 5. The van der Waals surface area contributed by atoms with E-state index in [1.165, 1.54) is 12.3 Å². The average Bonchev–Trinajstić information content (AvgIpc) is 2.41. The number of nitrogens with two attached hydrogens (primary N) is 1. The third-order valence-corrected chi connectivity index (χ3v) is 2.86. The zero-order valence-corrected chi connectivity index (χ0v) is 11.6. The zero-order chi connectivity index (χ0) is 15.6. The monoisotopic (exact) mass is 286 g/mol. The van der Waals surface area contributed by atoms with E-state index < -0.39 is 4.92 Å². The molecule has 0 aliphatic rings. The van der Waals surface area contributed by atoms with Crippen molar-refractivity contribution in [1.29, 1.82) is 5.41 Å². The molecule has 0 aliphatic heterocycles. The van der Waals surface area contributed by atoms with E-state index in [-0.39, 0.29) is 28.7 Å². The molecule has 0 bridgehead atoms. The van der Waals surface area contributed by atoms with Crippen molar-refractivity contribution in [3.05, 3.63) is 57.3 Å². The molecule has 7 heteroatoms. The molecule has 108 valence electrons. The molecule has 0 saturated heterocycles. The van der Waals surface area contributed by atoms with Crippen LogP contribution in [0.3, 0.4) is 0 Å². The van der Waals surface area contributed by atoms with Crippen molar-refractivity contribution in [1.82, 2.24) is 4.98 Å². The highest BCUT2D eigenvalue weighted by Gasteiger charge is 2.21. The van der Waals surface area contributed by atoms with Gasteiger partial charge in [-0.15, -0.1) is 0 Å². The minimum absolute atomic E-state index is 0.0695. The van der Waals surface area contributed by atoms with E-state index in [4.69, 9.17) is 15.9 Å². The molecule has 0 unspecified atom stereocenters. The summed E-state index contributed by atoms with van der Waals surface area (Å²) in [5.74, 6) is -0.0441. The number of hydrogen-bond donors (Lipinski definition) is 2. The van der Waals surface area contributed by atoms with Crippen LogP contribution in [-0.4, -0.2) is 15.7 Å². The molecule has 2 aromatic rings. The van der Waals surface area contributed by atoms with Crippen LogP contribution in [0.1, 0.15) is 16.7 Å². The Morgan fingerprint density at radius 3 is 2.76 bits per heavy atom. The van der Waals surface area contributed by atoms with Crippen LogP contribution in [-0.2, 0) is 0 Å². The average molecular weight is 286 g/mol. The summed E-state index contributed by atoms with van der Waals surface area (Å²) in [6.07, 6.45) is 1.47. The highest BCUT2D eigenvalue weighted by molar-refractivity contribution is 5.97. The molecule has 2 rings (SSSR count). The van der Waals surface area contributed by atoms with Crippen LogP contribution < -0.4 is 10.5 Å². The van der Waals surface area contributed by atoms with Crippen molar-refractivity contribution < 1.29 is 9.66 Å². The molecule has 3 N–H and O–H groups in total. The Morgan fingerprint density at radius 2 is 2.14 bits per heavy atom. The first-order valence-corrected chi connectivity index (χ1v) is 6.13. The van der Waals surface area contributed by atoms with Gasteiger partial charge in [0.15, 0.2) is 0 Å². The van der Waals surface area contributed by atoms with Gasteiger partial charge < -0.3 is 10.5 Å². The summed E-state index contributed by atoms with van der Waals surface area (Å²) >= 11 is 0. The van der Waals surface area contributed by atoms with Crippen LogP contribution in [0, 0.1) is 29.4 Å². The lowest BCUT2D eigenvalue weighted by molar-refractivity contribution is -0.385. The second-order valence-corrected chi connectivity index (χ2v) is 4.56. The predicted octanol–water partition coefficient (Wildman–Crippen LogP) is 2.68. The van der Waals surface area contributed by atoms with Gasteiger partial charge in [-0.2, -0.15) is 0 Å². The summed E-state index contributed by atoms with van der Waals surface area (Å²) in [5.41, 5.74) is 6.97. The van der Waals surface area contributed by atoms with Crippen LogP contribution in [0.5, 0.6) is 11.6 Å². The van der Waals surface area contributed by atoms with E-state index in [0.717, 1.165) is 5.56 Å². The summed E-state index contributed by atoms with van der Waals surface area (Å²) in [5, 5.41) is 18.7. The smallest absolute Gasteiger partial charge is 0.312 e. The van der Waals surface area contributed by atoms with Gasteiger partial charge >= 0.3 is 5.69 Å². The Balaban J connectivity index is 2.55. The largest absolute Gasteiger partial charge is 0.431 e. The van der Waals surface area contributed by atoms with E-state index in [1.807, 2.05) is 0 Å². The third kappa shape index (κ3) is 2.97. The highest BCUT2D eigenvalue weighted by atomic mass is 16.6. The van der Waals surface area contributed by atoms with Crippen LogP contribution in [0.2, 0.25) is 0 Å². The summed E-state index contributed by atoms with van der Waals surface area (Å²) in [6, 6.07) is 6.39. The Labute approximate surface area is 121 Å². The second-order valence-electron chi connectivity index (χ2n) is 4.56. The first-order chi connectivity index (χ1) is 9.90. The number of nitrogens with one attached hydrogen (secondary N) is 1. The van der Waals surface area contributed by atoms with Gasteiger partial charge in [0.05, 0.1) is 10.5 Å². The SMILES string of the molecule is Cc1cc(C)c(Oc2ncccc2C(=N)N)c([N+](=O)[O-])c1. The van der Waals surface area contributed by atoms with Crippen LogP contribution >= 0.6 is 0 Å². The van der Waals surface area contributed by atoms with Crippen molar-refractivity contribution in [2.24, 2.45) is 5.73 Å². The van der Waals surface area contributed by atoms with Gasteiger partial charge in [0, 0.05) is 12.3 Å². The molecule has 21 heavy (non-hydrogen) atoms. The van der Waals surface area contributed by atoms with Gasteiger partial charge in [-0.1, -0.05) is 6.07 Å². The lowest BCUT2D eigenvalue weighted by atomic mass is 10.1. The van der Waals surface area contributed by atoms with Crippen molar-refractivity contribution in [3.8, 4) is 11.6 Å². The van der Waals surface area contributed by atoms with E-state index in [2.05, 4.69) is 4.98 Å². The van der Waals surface area contributed by atoms with Crippen molar-refractivity contribution in [2.75, 3.05) is 0 Å². The van der Waals surface area contributed by atoms with Crippen LogP contribution in [0.15, 0.2) is 30.5 Å². The van der Waals surface area contributed by atoms with Crippen LogP contribution in [0.25, 0.3) is 0 Å². The Bertz CT molecular complexity index is 728. The molecule has 7 nitrogen and oxygen atoms in total. The third-order valence-electron chi connectivity index (χ3n) is 2.86. The van der Waals surface area contributed by atoms with Gasteiger partial charge in [0.25, 0.3) is 0 Å². The molecule has 1 aromatic carbocycles. The van der Waals surface area contributed by atoms with Crippen molar-refractivity contribution in [2.45, 2.75) is 13.8 Å². The lowest BCUT2D eigenvalue weighted by Gasteiger charge is -2.11. The Morgan fingerprint density at radius 1 is 1.43 bits per heavy atom. The number of rotatable bonds is 4. The first kappa shape index (κ1) is 14.4. The molecule has 0 atom stereocenters. The van der Waals surface area contributed by atoms with Crippen molar-refractivity contribution in [3.63, 3.8) is 0 Å². The fourth-order valence-corrected chi connectivity index (χ4v) is 1.97. The molecule has 0 amide bonds. The zero-order valence-electron chi connectivity index (χ0n) is 11.6. The number of benzene rings is 1. The maximum Gasteiger partial charge on any atom is 0.312 e. The van der Waals surface area contributed by atoms with Gasteiger partial charge in [0.1, 0.15) is 5.84 Å². The molecular formula is C14H14N4O3. The molecule has 0 fully saturated rings. The molecule has 0 spiro atoms. The maximum atomic E-state index is 11.2. The van der Waals surface area contributed by atoms with Gasteiger partial charge in [0.2, 0.25) is 11.6 Å². The van der Waals surface area contributed by atoms with E-state index in [0.29, 0.717) is 5.56 Å². The lowest BCUT2D eigenvalue weighted by Crippen LogP contribution is -2.13. The molecule has 1 aromatic heterocycles. The molecule has 0 aliphatic carbocycles. The predicted molar refractivity (Wildman–Crippen MR) is 77.9 cm³/mol. The number of aryl methyl sites for hydroxylation is 2. The fourth-order valence-electron chi connectivity index (χ4n) is 1.97. The summed E-state index contributed by atoms with van der Waals surface area (Å²) in [4.78, 5) is 14.7. The van der Waals surface area contributed by atoms with Crippen molar-refractivity contribution >= 4 is 11.5 Å². The number of nitrogens with zero attached hydrogens (tertiary/aromatic N) is 2. The minimum Gasteiger partial charge on any atom is -0.431 e. The topological polar surface area (TPSA) is 115 Å². The minimum atomic E-state index is -0.508. The van der Waals surface area contributed by atoms with Gasteiger partial charge in [-0.05, 0) is 37.1 Å². The fraction of sp³-hybridized carbons (Fsp3) is 0.143. The van der Waals surface area contributed by atoms with E-state index in [9.17, 15) is 10.1 Å². The Hall–Kier alpha value is -2.96. The number of ether oxygens (including phenoxy) is 1. The Kier molecular flexibility index (Phi) is 3.84. The summed E-state index contributed by atoms with van der Waals surface area (Å²) in [6.45, 7) is 3.48. The van der Waals surface area contributed by atoms with Gasteiger partial charge in [-0.3, -0.25) is 15.5 Å². The quantitative estimate of drug-likeness (QED) is 0.388. The number of pyridine rings is 1. The standard InChI is InChI=1S/C14H14N4O3/c1-8-6-9(2)12(11(7-8)18(19)20)21-14-10(13(15)16)4-3-5-17-14/h3-7H,1-2H3,(H3,15,16).